The maximum absolute atomic E-state index is 14.2. The third-order valence-corrected chi connectivity index (χ3v) is 5.44. The zero-order valence-electron chi connectivity index (χ0n) is 12.6. The largest absolute Gasteiger partial charge is 0.393 e. The molecule has 1 N–H and O–H groups in total. The van der Waals surface area contributed by atoms with Crippen LogP contribution in [0.25, 0.3) is 10.9 Å². The average Bonchev–Trinajstić information content (AvgIpc) is 3.03. The predicted molar refractivity (Wildman–Crippen MR) is 83.1 cm³/mol. The Balaban J connectivity index is 1.65. The van der Waals surface area contributed by atoms with Gasteiger partial charge >= 0.3 is 0 Å². The van der Waals surface area contributed by atoms with Crippen molar-refractivity contribution in [3.63, 3.8) is 0 Å². The lowest BCUT2D eigenvalue weighted by molar-refractivity contribution is 0.171. The highest BCUT2D eigenvalue weighted by Gasteiger charge is 2.42. The minimum absolute atomic E-state index is 0.126. The van der Waals surface area contributed by atoms with Gasteiger partial charge in [-0.05, 0) is 49.7 Å². The van der Waals surface area contributed by atoms with Crippen LogP contribution in [-0.2, 0) is 0 Å². The normalized spacial score (nSPS) is 30.7. The minimum Gasteiger partial charge on any atom is -0.393 e. The molecule has 0 aliphatic heterocycles. The lowest BCUT2D eigenvalue weighted by Gasteiger charge is -2.27. The van der Waals surface area contributed by atoms with Crippen LogP contribution < -0.4 is 4.90 Å². The van der Waals surface area contributed by atoms with E-state index in [1.165, 1.54) is 12.4 Å². The SMILES string of the molecule is CN(c1ncnc2cccc(F)c12)C1C[C@H]2CC(O)C[C@H]2C1. The molecule has 1 heterocycles. The zero-order valence-corrected chi connectivity index (χ0v) is 12.6. The van der Waals surface area contributed by atoms with Crippen LogP contribution in [0.3, 0.4) is 0 Å². The van der Waals surface area contributed by atoms with Gasteiger partial charge in [0.05, 0.1) is 17.0 Å². The summed E-state index contributed by atoms with van der Waals surface area (Å²) in [6.07, 6.45) is 5.31. The van der Waals surface area contributed by atoms with Crippen molar-refractivity contribution >= 4 is 16.7 Å². The molecule has 2 saturated carbocycles. The first-order valence-electron chi connectivity index (χ1n) is 7.93. The van der Waals surface area contributed by atoms with E-state index in [0.717, 1.165) is 25.7 Å². The summed E-state index contributed by atoms with van der Waals surface area (Å²) < 4.78 is 14.2. The lowest BCUT2D eigenvalue weighted by atomic mass is 10.0. The Morgan fingerprint density at radius 1 is 1.14 bits per heavy atom. The molecule has 2 aliphatic rings. The molecule has 0 spiro atoms. The van der Waals surface area contributed by atoms with Crippen molar-refractivity contribution in [2.45, 2.75) is 37.8 Å². The highest BCUT2D eigenvalue weighted by atomic mass is 19.1. The van der Waals surface area contributed by atoms with E-state index in [4.69, 9.17) is 0 Å². The van der Waals surface area contributed by atoms with E-state index in [2.05, 4.69) is 14.9 Å². The maximum Gasteiger partial charge on any atom is 0.142 e. The second-order valence-corrected chi connectivity index (χ2v) is 6.71. The van der Waals surface area contributed by atoms with Crippen molar-refractivity contribution in [3.05, 3.63) is 30.3 Å². The minimum atomic E-state index is -0.270. The van der Waals surface area contributed by atoms with Gasteiger partial charge < -0.3 is 10.0 Å². The van der Waals surface area contributed by atoms with Gasteiger partial charge in [0.2, 0.25) is 0 Å². The molecule has 4 atom stereocenters. The first-order chi connectivity index (χ1) is 10.6. The summed E-state index contributed by atoms with van der Waals surface area (Å²) in [4.78, 5) is 10.6. The molecule has 2 aromatic rings. The molecule has 0 bridgehead atoms. The zero-order chi connectivity index (χ0) is 15.3. The Bertz CT molecular complexity index is 688. The van der Waals surface area contributed by atoms with Gasteiger partial charge in [-0.15, -0.1) is 0 Å². The first kappa shape index (κ1) is 13.9. The van der Waals surface area contributed by atoms with Crippen LogP contribution in [0.4, 0.5) is 10.2 Å². The molecule has 2 aliphatic carbocycles. The molecule has 116 valence electrons. The van der Waals surface area contributed by atoms with Crippen LogP contribution >= 0.6 is 0 Å². The smallest absolute Gasteiger partial charge is 0.142 e. The lowest BCUT2D eigenvalue weighted by Crippen LogP contribution is -2.31. The van der Waals surface area contributed by atoms with Crippen molar-refractivity contribution in [2.24, 2.45) is 11.8 Å². The standard InChI is InChI=1S/C17H20FN3O/c1-21(12-5-10-7-13(22)8-11(10)6-12)17-16-14(18)3-2-4-15(16)19-9-20-17/h2-4,9-13,22H,5-8H2,1H3/t10-,11+,12?,13?. The van der Waals surface area contributed by atoms with Crippen LogP contribution in [0.2, 0.25) is 0 Å². The Morgan fingerprint density at radius 2 is 1.86 bits per heavy atom. The van der Waals surface area contributed by atoms with Crippen LogP contribution in [-0.4, -0.2) is 34.3 Å². The number of halogens is 1. The number of fused-ring (bicyclic) bond motifs is 2. The summed E-state index contributed by atoms with van der Waals surface area (Å²) in [5, 5.41) is 10.3. The number of benzene rings is 1. The molecule has 1 aromatic carbocycles. The molecule has 0 amide bonds. The van der Waals surface area contributed by atoms with E-state index >= 15 is 0 Å². The van der Waals surface area contributed by atoms with Crippen molar-refractivity contribution in [1.29, 1.82) is 0 Å². The van der Waals surface area contributed by atoms with Crippen molar-refractivity contribution in [3.8, 4) is 0 Å². The fourth-order valence-electron chi connectivity index (χ4n) is 4.36. The Labute approximate surface area is 129 Å². The molecule has 1 aromatic heterocycles. The molecule has 0 radical (unpaired) electrons. The fraction of sp³-hybridized carbons (Fsp3) is 0.529. The summed E-state index contributed by atoms with van der Waals surface area (Å²) in [7, 11) is 2.00. The number of aliphatic hydroxyl groups is 1. The van der Waals surface area contributed by atoms with Crippen LogP contribution in [0.1, 0.15) is 25.7 Å². The van der Waals surface area contributed by atoms with Gasteiger partial charge in [-0.1, -0.05) is 6.07 Å². The summed E-state index contributed by atoms with van der Waals surface area (Å²) in [6.45, 7) is 0. The molecule has 4 rings (SSSR count). The van der Waals surface area contributed by atoms with Gasteiger partial charge in [0, 0.05) is 13.1 Å². The number of hydrogen-bond donors (Lipinski definition) is 1. The van der Waals surface area contributed by atoms with Gasteiger partial charge in [-0.25, -0.2) is 14.4 Å². The van der Waals surface area contributed by atoms with Crippen molar-refractivity contribution < 1.29 is 9.50 Å². The molecular weight excluding hydrogens is 281 g/mol. The predicted octanol–water partition coefficient (Wildman–Crippen LogP) is 2.75. The Hall–Kier alpha value is -1.75. The van der Waals surface area contributed by atoms with Crippen LogP contribution in [0.5, 0.6) is 0 Å². The van der Waals surface area contributed by atoms with E-state index in [1.807, 2.05) is 13.1 Å². The van der Waals surface area contributed by atoms with Crippen molar-refractivity contribution in [2.75, 3.05) is 11.9 Å². The van der Waals surface area contributed by atoms with E-state index in [1.54, 1.807) is 6.07 Å². The summed E-state index contributed by atoms with van der Waals surface area (Å²) >= 11 is 0. The number of aliphatic hydroxyl groups excluding tert-OH is 1. The van der Waals surface area contributed by atoms with E-state index in [-0.39, 0.29) is 11.9 Å². The van der Waals surface area contributed by atoms with Crippen LogP contribution in [0, 0.1) is 17.7 Å². The molecule has 4 nitrogen and oxygen atoms in total. The van der Waals surface area contributed by atoms with E-state index in [9.17, 15) is 9.50 Å². The summed E-state index contributed by atoms with van der Waals surface area (Å²) in [6, 6.07) is 5.32. The summed E-state index contributed by atoms with van der Waals surface area (Å²) in [5.41, 5.74) is 0.644. The molecular formula is C17H20FN3O. The number of rotatable bonds is 2. The van der Waals surface area contributed by atoms with Gasteiger partial charge in [0.15, 0.2) is 0 Å². The molecule has 5 heteroatoms. The third kappa shape index (κ3) is 2.15. The topological polar surface area (TPSA) is 49.2 Å². The molecule has 22 heavy (non-hydrogen) atoms. The fourth-order valence-corrected chi connectivity index (χ4v) is 4.36. The summed E-state index contributed by atoms with van der Waals surface area (Å²) in [5.74, 6) is 1.60. The number of hydrogen-bond acceptors (Lipinski definition) is 4. The first-order valence-corrected chi connectivity index (χ1v) is 7.93. The number of anilines is 1. The monoisotopic (exact) mass is 301 g/mol. The molecule has 0 saturated heterocycles. The second kappa shape index (κ2) is 5.16. The number of aromatic nitrogens is 2. The quantitative estimate of drug-likeness (QED) is 0.926. The van der Waals surface area contributed by atoms with E-state index < -0.39 is 0 Å². The number of nitrogens with zero attached hydrogens (tertiary/aromatic N) is 3. The third-order valence-electron chi connectivity index (χ3n) is 5.44. The Kier molecular flexibility index (Phi) is 3.26. The molecule has 2 fully saturated rings. The maximum atomic E-state index is 14.2. The second-order valence-electron chi connectivity index (χ2n) is 6.71. The Morgan fingerprint density at radius 3 is 2.59 bits per heavy atom. The van der Waals surface area contributed by atoms with Gasteiger partial charge in [-0.2, -0.15) is 0 Å². The van der Waals surface area contributed by atoms with Gasteiger partial charge in [0.1, 0.15) is 18.0 Å². The van der Waals surface area contributed by atoms with E-state index in [0.29, 0.717) is 34.6 Å². The molecule has 2 unspecified atom stereocenters. The van der Waals surface area contributed by atoms with Crippen molar-refractivity contribution in [1.82, 2.24) is 9.97 Å². The van der Waals surface area contributed by atoms with Gasteiger partial charge in [-0.3, -0.25) is 0 Å². The average molecular weight is 301 g/mol. The van der Waals surface area contributed by atoms with Gasteiger partial charge in [0.25, 0.3) is 0 Å². The highest BCUT2D eigenvalue weighted by molar-refractivity contribution is 5.89. The highest BCUT2D eigenvalue weighted by Crippen LogP contribution is 2.46. The van der Waals surface area contributed by atoms with Crippen LogP contribution in [0.15, 0.2) is 24.5 Å².